The van der Waals surface area contributed by atoms with Crippen molar-refractivity contribution in [2.24, 2.45) is 0 Å². The maximum atomic E-state index is 13.6. The largest absolute Gasteiger partial charge is 0.452 e. The second kappa shape index (κ2) is 8.80. The number of halogens is 2. The molecular formula is C19H19F2NO3S. The molecule has 7 heteroatoms. The first kappa shape index (κ1) is 19.9. The average Bonchev–Trinajstić information content (AvgIpc) is 2.59. The molecule has 2 rings (SSSR count). The summed E-state index contributed by atoms with van der Waals surface area (Å²) in [6, 6.07) is 10.4. The molecule has 4 nitrogen and oxygen atoms in total. The van der Waals surface area contributed by atoms with Gasteiger partial charge in [0.05, 0.1) is 5.69 Å². The Bertz CT molecular complexity index is 796. The number of hydrogen-bond donors (Lipinski definition) is 1. The Labute approximate surface area is 154 Å². The maximum Gasteiger partial charge on any atom is 0.319 e. The number of ether oxygens (including phenoxy) is 1. The van der Waals surface area contributed by atoms with Gasteiger partial charge in [-0.15, -0.1) is 11.8 Å². The minimum atomic E-state index is -1.15. The number of carbonyl (C=O) groups is 2. The van der Waals surface area contributed by atoms with Crippen molar-refractivity contribution in [3.8, 4) is 0 Å². The number of nitrogens with one attached hydrogen (secondary N) is 1. The summed E-state index contributed by atoms with van der Waals surface area (Å²) in [7, 11) is 0. The number of hydrogen-bond acceptors (Lipinski definition) is 4. The number of aryl methyl sites for hydroxylation is 1. The molecule has 0 spiro atoms. The minimum Gasteiger partial charge on any atom is -0.452 e. The Kier molecular flexibility index (Phi) is 6.74. The average molecular weight is 379 g/mol. The van der Waals surface area contributed by atoms with Gasteiger partial charge in [-0.05, 0) is 45.0 Å². The number of thioether (sulfide) groups is 1. The van der Waals surface area contributed by atoms with Crippen LogP contribution in [0.15, 0.2) is 47.4 Å². The second-order valence-corrected chi connectivity index (χ2v) is 7.18. The summed E-state index contributed by atoms with van der Waals surface area (Å²) in [5, 5.41) is 1.68. The summed E-state index contributed by atoms with van der Waals surface area (Å²) in [4.78, 5) is 25.1. The summed E-state index contributed by atoms with van der Waals surface area (Å²) in [5.41, 5.74) is 0.805. The van der Waals surface area contributed by atoms with Crippen LogP contribution in [0.1, 0.15) is 19.4 Å². The molecule has 0 heterocycles. The molecule has 2 atom stereocenters. The summed E-state index contributed by atoms with van der Waals surface area (Å²) < 4.78 is 31.8. The van der Waals surface area contributed by atoms with Crippen LogP contribution in [0.25, 0.3) is 0 Å². The van der Waals surface area contributed by atoms with Gasteiger partial charge in [-0.25, -0.2) is 8.78 Å². The Balaban J connectivity index is 1.91. The Morgan fingerprint density at radius 3 is 2.38 bits per heavy atom. The molecule has 2 aromatic rings. The van der Waals surface area contributed by atoms with Crippen LogP contribution in [0.5, 0.6) is 0 Å². The van der Waals surface area contributed by atoms with Crippen molar-refractivity contribution in [1.29, 1.82) is 0 Å². The molecule has 2 aromatic carbocycles. The molecule has 0 radical (unpaired) electrons. The third-order valence-electron chi connectivity index (χ3n) is 3.51. The van der Waals surface area contributed by atoms with E-state index in [0.717, 1.165) is 28.7 Å². The molecule has 0 saturated carbocycles. The highest BCUT2D eigenvalue weighted by Gasteiger charge is 2.23. The Morgan fingerprint density at radius 1 is 1.08 bits per heavy atom. The molecular weight excluding hydrogens is 360 g/mol. The third-order valence-corrected chi connectivity index (χ3v) is 4.60. The van der Waals surface area contributed by atoms with Crippen molar-refractivity contribution >= 4 is 29.3 Å². The van der Waals surface area contributed by atoms with Gasteiger partial charge in [0.1, 0.15) is 16.9 Å². The van der Waals surface area contributed by atoms with E-state index in [1.165, 1.54) is 18.7 Å². The summed E-state index contributed by atoms with van der Waals surface area (Å²) in [6.07, 6.45) is -1.15. The fourth-order valence-corrected chi connectivity index (χ4v) is 2.87. The van der Waals surface area contributed by atoms with Crippen LogP contribution in [-0.4, -0.2) is 23.2 Å². The van der Waals surface area contributed by atoms with Crippen molar-refractivity contribution in [3.63, 3.8) is 0 Å². The number of rotatable bonds is 6. The number of amides is 1. The van der Waals surface area contributed by atoms with Crippen LogP contribution >= 0.6 is 11.8 Å². The third kappa shape index (κ3) is 5.56. The monoisotopic (exact) mass is 379 g/mol. The van der Waals surface area contributed by atoms with E-state index in [4.69, 9.17) is 4.74 Å². The highest BCUT2D eigenvalue weighted by molar-refractivity contribution is 8.00. The van der Waals surface area contributed by atoms with Crippen LogP contribution in [-0.2, 0) is 14.3 Å². The molecule has 1 amide bonds. The van der Waals surface area contributed by atoms with E-state index in [1.54, 1.807) is 6.92 Å². The van der Waals surface area contributed by atoms with E-state index in [9.17, 15) is 18.4 Å². The molecule has 138 valence electrons. The molecule has 0 fully saturated rings. The van der Waals surface area contributed by atoms with Crippen LogP contribution in [0.4, 0.5) is 14.5 Å². The molecule has 0 aliphatic heterocycles. The molecule has 0 unspecified atom stereocenters. The van der Waals surface area contributed by atoms with Crippen molar-refractivity contribution in [2.75, 3.05) is 5.32 Å². The Morgan fingerprint density at radius 2 is 1.73 bits per heavy atom. The second-order valence-electron chi connectivity index (χ2n) is 5.77. The Hall–Kier alpha value is -2.41. The standard InChI is InChI=1S/C19H19F2NO3S/c1-11-4-7-15(8-5-11)26-13(3)19(24)25-12(2)18(23)22-17-10-14(20)6-9-16(17)21/h4-10,12-13H,1-3H3,(H,22,23)/t12-,13-/m0/s1. The predicted octanol–water partition coefficient (Wildman–Crippen LogP) is 4.32. The highest BCUT2D eigenvalue weighted by atomic mass is 32.2. The maximum absolute atomic E-state index is 13.6. The number of anilines is 1. The van der Waals surface area contributed by atoms with E-state index >= 15 is 0 Å². The van der Waals surface area contributed by atoms with Gasteiger partial charge in [0, 0.05) is 11.0 Å². The molecule has 0 aromatic heterocycles. The first-order valence-electron chi connectivity index (χ1n) is 7.96. The zero-order valence-corrected chi connectivity index (χ0v) is 15.4. The lowest BCUT2D eigenvalue weighted by Crippen LogP contribution is -2.32. The van der Waals surface area contributed by atoms with Gasteiger partial charge in [0.25, 0.3) is 5.91 Å². The van der Waals surface area contributed by atoms with Crippen molar-refractivity contribution < 1.29 is 23.1 Å². The van der Waals surface area contributed by atoms with Crippen molar-refractivity contribution in [2.45, 2.75) is 37.0 Å². The van der Waals surface area contributed by atoms with Gasteiger partial charge in [-0.3, -0.25) is 9.59 Å². The van der Waals surface area contributed by atoms with Gasteiger partial charge >= 0.3 is 5.97 Å². The predicted molar refractivity (Wildman–Crippen MR) is 97.0 cm³/mol. The molecule has 26 heavy (non-hydrogen) atoms. The van der Waals surface area contributed by atoms with E-state index in [-0.39, 0.29) is 5.69 Å². The van der Waals surface area contributed by atoms with Crippen molar-refractivity contribution in [3.05, 3.63) is 59.7 Å². The molecule has 1 N–H and O–H groups in total. The van der Waals surface area contributed by atoms with Gasteiger partial charge < -0.3 is 10.1 Å². The number of esters is 1. The molecule has 0 saturated heterocycles. The first-order chi connectivity index (χ1) is 12.3. The highest BCUT2D eigenvalue weighted by Crippen LogP contribution is 2.24. The quantitative estimate of drug-likeness (QED) is 0.600. The van der Waals surface area contributed by atoms with Crippen molar-refractivity contribution in [1.82, 2.24) is 0 Å². The number of benzene rings is 2. The molecule has 0 aliphatic carbocycles. The summed E-state index contributed by atoms with van der Waals surface area (Å²) in [6.45, 7) is 5.01. The first-order valence-corrected chi connectivity index (χ1v) is 8.84. The van der Waals surface area contributed by atoms with E-state index in [2.05, 4.69) is 5.32 Å². The topological polar surface area (TPSA) is 55.4 Å². The zero-order chi connectivity index (χ0) is 19.3. The lowest BCUT2D eigenvalue weighted by atomic mass is 10.2. The zero-order valence-electron chi connectivity index (χ0n) is 14.6. The number of carbonyl (C=O) groups excluding carboxylic acids is 2. The minimum absolute atomic E-state index is 0.306. The van der Waals surface area contributed by atoms with Crippen LogP contribution < -0.4 is 5.32 Å². The molecule has 0 bridgehead atoms. The van der Waals surface area contributed by atoms with Gasteiger partial charge in [-0.2, -0.15) is 0 Å². The van der Waals surface area contributed by atoms with Crippen LogP contribution in [0.3, 0.4) is 0 Å². The van der Waals surface area contributed by atoms with E-state index < -0.39 is 34.9 Å². The van der Waals surface area contributed by atoms with Gasteiger partial charge in [0.15, 0.2) is 6.10 Å². The van der Waals surface area contributed by atoms with E-state index in [0.29, 0.717) is 0 Å². The summed E-state index contributed by atoms with van der Waals surface area (Å²) >= 11 is 1.31. The van der Waals surface area contributed by atoms with Crippen LogP contribution in [0, 0.1) is 18.6 Å². The van der Waals surface area contributed by atoms with Crippen LogP contribution in [0.2, 0.25) is 0 Å². The smallest absolute Gasteiger partial charge is 0.319 e. The normalized spacial score (nSPS) is 13.0. The fourth-order valence-electron chi connectivity index (χ4n) is 2.02. The lowest BCUT2D eigenvalue weighted by Gasteiger charge is -2.17. The fraction of sp³-hybridized carbons (Fsp3) is 0.263. The lowest BCUT2D eigenvalue weighted by molar-refractivity contribution is -0.152. The summed E-state index contributed by atoms with van der Waals surface area (Å²) in [5.74, 6) is -2.77. The van der Waals surface area contributed by atoms with E-state index in [1.807, 2.05) is 31.2 Å². The van der Waals surface area contributed by atoms with Gasteiger partial charge in [-0.1, -0.05) is 17.7 Å². The SMILES string of the molecule is Cc1ccc(S[C@@H](C)C(=O)O[C@@H](C)C(=O)Nc2cc(F)ccc2F)cc1. The molecule has 0 aliphatic rings. The van der Waals surface area contributed by atoms with Gasteiger partial charge in [0.2, 0.25) is 0 Å².